The van der Waals surface area contributed by atoms with E-state index in [1.165, 1.54) is 4.57 Å². The molecular formula is C11H13N3OS. The normalized spacial score (nSPS) is 13.8. The Morgan fingerprint density at radius 2 is 2.00 bits per heavy atom. The monoisotopic (exact) mass is 235 g/mol. The van der Waals surface area contributed by atoms with Gasteiger partial charge in [-0.3, -0.25) is 9.13 Å². The van der Waals surface area contributed by atoms with E-state index in [0.29, 0.717) is 4.64 Å². The van der Waals surface area contributed by atoms with Gasteiger partial charge in [0, 0.05) is 19.8 Å². The van der Waals surface area contributed by atoms with E-state index in [0.717, 1.165) is 17.1 Å². The molecule has 4 nitrogen and oxygen atoms in total. The van der Waals surface area contributed by atoms with Crippen LogP contribution in [0.2, 0.25) is 0 Å². The van der Waals surface area contributed by atoms with Crippen molar-refractivity contribution < 1.29 is 0 Å². The Hall–Kier alpha value is -1.62. The maximum absolute atomic E-state index is 11.8. The van der Waals surface area contributed by atoms with Crippen molar-refractivity contribution in [2.45, 2.75) is 6.92 Å². The van der Waals surface area contributed by atoms with Crippen molar-refractivity contribution in [1.82, 2.24) is 9.13 Å². The van der Waals surface area contributed by atoms with Gasteiger partial charge in [-0.25, -0.2) is 4.79 Å². The number of anilines is 1. The summed E-state index contributed by atoms with van der Waals surface area (Å²) in [5.41, 5.74) is 2.50. The average molecular weight is 235 g/mol. The SMILES string of the molecule is CC1=CC=Cc2c(c(=S)n(C)c(=O)n2C)N1. The van der Waals surface area contributed by atoms with Gasteiger partial charge in [-0.15, -0.1) is 0 Å². The Balaban J connectivity index is 2.87. The fourth-order valence-corrected chi connectivity index (χ4v) is 1.93. The Bertz CT molecular complexity index is 619. The standard InChI is InChI=1S/C11H13N3OS/c1-7-5-4-6-8-9(12-7)10(16)14(3)11(15)13(8)2/h4-6,12H,1-3H3. The Labute approximate surface area is 98.5 Å². The summed E-state index contributed by atoms with van der Waals surface area (Å²) in [6.45, 7) is 1.96. The van der Waals surface area contributed by atoms with Crippen molar-refractivity contribution in [2.24, 2.45) is 14.1 Å². The van der Waals surface area contributed by atoms with Crippen molar-refractivity contribution in [3.05, 3.63) is 38.7 Å². The first-order valence-electron chi connectivity index (χ1n) is 4.94. The third-order valence-electron chi connectivity index (χ3n) is 2.63. The van der Waals surface area contributed by atoms with E-state index in [1.807, 2.05) is 25.2 Å². The second-order valence-corrected chi connectivity index (χ2v) is 4.19. The van der Waals surface area contributed by atoms with E-state index in [9.17, 15) is 4.79 Å². The fourth-order valence-electron chi connectivity index (χ4n) is 1.69. The molecule has 0 fully saturated rings. The van der Waals surface area contributed by atoms with E-state index in [-0.39, 0.29) is 5.69 Å². The van der Waals surface area contributed by atoms with Crippen molar-refractivity contribution in [1.29, 1.82) is 0 Å². The summed E-state index contributed by atoms with van der Waals surface area (Å²) in [6.07, 6.45) is 5.73. The van der Waals surface area contributed by atoms with Crippen molar-refractivity contribution in [3.8, 4) is 0 Å². The quantitative estimate of drug-likeness (QED) is 0.697. The predicted octanol–water partition coefficient (Wildman–Crippen LogP) is 1.80. The van der Waals surface area contributed by atoms with E-state index >= 15 is 0 Å². The number of aromatic nitrogens is 2. The van der Waals surface area contributed by atoms with Crippen LogP contribution in [0.3, 0.4) is 0 Å². The molecule has 1 N–H and O–H groups in total. The molecule has 2 heterocycles. The second kappa shape index (κ2) is 3.75. The van der Waals surface area contributed by atoms with Gasteiger partial charge in [0.25, 0.3) is 0 Å². The molecule has 84 valence electrons. The van der Waals surface area contributed by atoms with Gasteiger partial charge in [0.05, 0.1) is 11.4 Å². The van der Waals surface area contributed by atoms with Gasteiger partial charge in [-0.05, 0) is 19.1 Å². The lowest BCUT2D eigenvalue weighted by Crippen LogP contribution is -2.30. The minimum atomic E-state index is -0.116. The van der Waals surface area contributed by atoms with Crippen LogP contribution in [0.15, 0.2) is 22.6 Å². The summed E-state index contributed by atoms with van der Waals surface area (Å²) in [5.74, 6) is 0. The second-order valence-electron chi connectivity index (χ2n) is 3.80. The molecule has 0 bridgehead atoms. The highest BCUT2D eigenvalue weighted by atomic mass is 32.1. The van der Waals surface area contributed by atoms with Crippen LogP contribution in [-0.2, 0) is 14.1 Å². The maximum atomic E-state index is 11.8. The van der Waals surface area contributed by atoms with Gasteiger partial charge in [-0.2, -0.15) is 0 Å². The lowest BCUT2D eigenvalue weighted by atomic mass is 10.3. The number of nitrogens with one attached hydrogen (secondary N) is 1. The zero-order valence-corrected chi connectivity index (χ0v) is 10.3. The molecule has 1 aliphatic rings. The first kappa shape index (κ1) is 10.9. The first-order valence-corrected chi connectivity index (χ1v) is 5.35. The van der Waals surface area contributed by atoms with E-state index < -0.39 is 0 Å². The van der Waals surface area contributed by atoms with E-state index in [1.54, 1.807) is 18.7 Å². The minimum Gasteiger partial charge on any atom is -0.355 e. The number of allylic oxidation sites excluding steroid dienone is 3. The summed E-state index contributed by atoms with van der Waals surface area (Å²) >= 11 is 5.27. The van der Waals surface area contributed by atoms with Crippen molar-refractivity contribution >= 4 is 24.0 Å². The van der Waals surface area contributed by atoms with Gasteiger partial charge >= 0.3 is 5.69 Å². The highest BCUT2D eigenvalue weighted by molar-refractivity contribution is 7.71. The Morgan fingerprint density at radius 1 is 1.31 bits per heavy atom. The number of fused-ring (bicyclic) bond motifs is 1. The van der Waals surface area contributed by atoms with Crippen LogP contribution in [0.25, 0.3) is 6.08 Å². The average Bonchev–Trinajstić information content (AvgIpc) is 2.45. The smallest absolute Gasteiger partial charge is 0.329 e. The Morgan fingerprint density at radius 3 is 2.69 bits per heavy atom. The number of hydrogen-bond acceptors (Lipinski definition) is 3. The molecule has 0 amide bonds. The molecule has 0 radical (unpaired) electrons. The van der Waals surface area contributed by atoms with Gasteiger partial charge in [0.15, 0.2) is 0 Å². The lowest BCUT2D eigenvalue weighted by molar-refractivity contribution is 0.696. The van der Waals surface area contributed by atoms with Gasteiger partial charge in [-0.1, -0.05) is 18.3 Å². The minimum absolute atomic E-state index is 0.116. The third-order valence-corrected chi connectivity index (χ3v) is 3.11. The number of hydrogen-bond donors (Lipinski definition) is 1. The molecule has 2 rings (SSSR count). The van der Waals surface area contributed by atoms with Crippen LogP contribution < -0.4 is 11.0 Å². The van der Waals surface area contributed by atoms with Crippen molar-refractivity contribution in [2.75, 3.05) is 5.32 Å². The van der Waals surface area contributed by atoms with Crippen molar-refractivity contribution in [3.63, 3.8) is 0 Å². The number of rotatable bonds is 0. The molecule has 0 spiro atoms. The molecule has 16 heavy (non-hydrogen) atoms. The summed E-state index contributed by atoms with van der Waals surface area (Å²) < 4.78 is 3.58. The van der Waals surface area contributed by atoms with Gasteiger partial charge in [0.2, 0.25) is 0 Å². The summed E-state index contributed by atoms with van der Waals surface area (Å²) in [5, 5.41) is 3.21. The molecule has 0 unspecified atom stereocenters. The highest BCUT2D eigenvalue weighted by Gasteiger charge is 2.12. The molecule has 5 heteroatoms. The van der Waals surface area contributed by atoms with Crippen LogP contribution in [0, 0.1) is 4.64 Å². The van der Waals surface area contributed by atoms with Crippen LogP contribution in [0.1, 0.15) is 12.6 Å². The molecule has 0 saturated heterocycles. The largest absolute Gasteiger partial charge is 0.355 e. The van der Waals surface area contributed by atoms with E-state index in [2.05, 4.69) is 5.32 Å². The van der Waals surface area contributed by atoms with E-state index in [4.69, 9.17) is 12.2 Å². The van der Waals surface area contributed by atoms with Gasteiger partial charge < -0.3 is 5.32 Å². The molecule has 1 aliphatic heterocycles. The zero-order valence-electron chi connectivity index (χ0n) is 9.44. The third kappa shape index (κ3) is 1.53. The first-order chi connectivity index (χ1) is 7.52. The molecular weight excluding hydrogens is 222 g/mol. The molecule has 1 aromatic heterocycles. The molecule has 0 aliphatic carbocycles. The van der Waals surface area contributed by atoms with Crippen LogP contribution in [0.5, 0.6) is 0 Å². The zero-order chi connectivity index (χ0) is 11.9. The lowest BCUT2D eigenvalue weighted by Gasteiger charge is -2.14. The van der Waals surface area contributed by atoms with Crippen LogP contribution >= 0.6 is 12.2 Å². The molecule has 1 aromatic rings. The molecule has 0 aromatic carbocycles. The van der Waals surface area contributed by atoms with Crippen LogP contribution in [-0.4, -0.2) is 9.13 Å². The summed E-state index contributed by atoms with van der Waals surface area (Å²) in [6, 6.07) is 0. The summed E-state index contributed by atoms with van der Waals surface area (Å²) in [4.78, 5) is 11.8. The maximum Gasteiger partial charge on any atom is 0.329 e. The molecule has 0 saturated carbocycles. The summed E-state index contributed by atoms with van der Waals surface area (Å²) in [7, 11) is 3.42. The number of nitrogens with zero attached hydrogens (tertiary/aromatic N) is 2. The fraction of sp³-hybridized carbons (Fsp3) is 0.273. The van der Waals surface area contributed by atoms with Gasteiger partial charge in [0.1, 0.15) is 4.64 Å². The molecule has 0 atom stereocenters. The highest BCUT2D eigenvalue weighted by Crippen LogP contribution is 2.21. The van der Waals surface area contributed by atoms with Crippen LogP contribution in [0.4, 0.5) is 5.69 Å². The topological polar surface area (TPSA) is 39.0 Å². The predicted molar refractivity (Wildman–Crippen MR) is 67.9 cm³/mol. The Kier molecular flexibility index (Phi) is 2.55.